The minimum atomic E-state index is -0.517. The van der Waals surface area contributed by atoms with Crippen LogP contribution in [-0.4, -0.2) is 5.91 Å². The van der Waals surface area contributed by atoms with Crippen LogP contribution in [0.2, 0.25) is 0 Å². The Kier molecular flexibility index (Phi) is 3.71. The second kappa shape index (κ2) is 5.44. The molecule has 0 fully saturated rings. The summed E-state index contributed by atoms with van der Waals surface area (Å²) in [5.41, 5.74) is 15.0. The highest BCUT2D eigenvalue weighted by Crippen LogP contribution is 2.23. The Morgan fingerprint density at radius 1 is 1.16 bits per heavy atom. The number of benzene rings is 2. The van der Waals surface area contributed by atoms with Crippen LogP contribution in [0.5, 0.6) is 0 Å². The van der Waals surface area contributed by atoms with Gasteiger partial charge in [0.25, 0.3) is 5.91 Å². The van der Waals surface area contributed by atoms with Crippen molar-refractivity contribution in [3.8, 4) is 0 Å². The Labute approximate surface area is 112 Å². The summed E-state index contributed by atoms with van der Waals surface area (Å²) < 4.78 is 0. The second-order valence-corrected chi connectivity index (χ2v) is 4.41. The Morgan fingerprint density at radius 3 is 2.58 bits per heavy atom. The van der Waals surface area contributed by atoms with Crippen molar-refractivity contribution in [2.75, 3.05) is 11.1 Å². The van der Waals surface area contributed by atoms with Gasteiger partial charge < -0.3 is 16.8 Å². The zero-order valence-corrected chi connectivity index (χ0v) is 10.8. The van der Waals surface area contributed by atoms with E-state index in [0.717, 1.165) is 5.69 Å². The number of nitrogens with two attached hydrogens (primary N) is 2. The average molecular weight is 255 g/mol. The van der Waals surface area contributed by atoms with Gasteiger partial charge in [-0.25, -0.2) is 0 Å². The highest BCUT2D eigenvalue weighted by Gasteiger charge is 2.09. The summed E-state index contributed by atoms with van der Waals surface area (Å²) in [6.07, 6.45) is 0. The molecule has 0 aliphatic heterocycles. The van der Waals surface area contributed by atoms with Crippen molar-refractivity contribution in [1.82, 2.24) is 0 Å². The summed E-state index contributed by atoms with van der Waals surface area (Å²) in [4.78, 5) is 11.2. The van der Waals surface area contributed by atoms with Crippen LogP contribution in [0.4, 0.5) is 11.4 Å². The second-order valence-electron chi connectivity index (χ2n) is 4.41. The molecular weight excluding hydrogens is 238 g/mol. The topological polar surface area (TPSA) is 81.1 Å². The number of primary amides is 1. The molecule has 2 aromatic carbocycles. The van der Waals surface area contributed by atoms with Crippen molar-refractivity contribution in [3.05, 3.63) is 59.2 Å². The van der Waals surface area contributed by atoms with Crippen LogP contribution in [-0.2, 0) is 6.54 Å². The molecule has 0 spiro atoms. The van der Waals surface area contributed by atoms with Gasteiger partial charge in [-0.2, -0.15) is 0 Å². The summed E-state index contributed by atoms with van der Waals surface area (Å²) in [5.74, 6) is -0.517. The molecule has 0 saturated carbocycles. The van der Waals surface area contributed by atoms with Crippen LogP contribution in [0, 0.1) is 6.92 Å². The number of aryl methyl sites for hydroxylation is 1. The highest BCUT2D eigenvalue weighted by atomic mass is 16.1. The molecule has 4 heteroatoms. The molecule has 0 aromatic heterocycles. The van der Waals surface area contributed by atoms with Gasteiger partial charge in [-0.15, -0.1) is 0 Å². The number of nitrogens with one attached hydrogen (secondary N) is 1. The first-order valence-electron chi connectivity index (χ1n) is 6.06. The SMILES string of the molecule is Cc1ccccc1CNc1cccc(C(N)=O)c1N. The molecule has 2 aromatic rings. The Balaban J connectivity index is 2.19. The Bertz CT molecular complexity index is 608. The van der Waals surface area contributed by atoms with Crippen LogP contribution in [0.25, 0.3) is 0 Å². The molecule has 0 saturated heterocycles. The standard InChI is InChI=1S/C15H17N3O/c1-10-5-2-3-6-11(10)9-18-13-8-4-7-12(14(13)16)15(17)19/h2-8,18H,9,16H2,1H3,(H2,17,19). The number of nitrogen functional groups attached to an aromatic ring is 1. The van der Waals surface area contributed by atoms with Crippen molar-refractivity contribution in [2.45, 2.75) is 13.5 Å². The van der Waals surface area contributed by atoms with Gasteiger partial charge in [0.1, 0.15) is 0 Å². The molecule has 0 unspecified atom stereocenters. The van der Waals surface area contributed by atoms with E-state index in [1.54, 1.807) is 12.1 Å². The monoisotopic (exact) mass is 255 g/mol. The van der Waals surface area contributed by atoms with Crippen molar-refractivity contribution in [3.63, 3.8) is 0 Å². The first kappa shape index (κ1) is 13.0. The number of hydrogen-bond donors (Lipinski definition) is 3. The van der Waals surface area contributed by atoms with Crippen molar-refractivity contribution in [2.24, 2.45) is 5.73 Å². The smallest absolute Gasteiger partial charge is 0.250 e. The molecule has 0 atom stereocenters. The molecule has 19 heavy (non-hydrogen) atoms. The first-order chi connectivity index (χ1) is 9.09. The quantitative estimate of drug-likeness (QED) is 0.733. The van der Waals surface area contributed by atoms with E-state index in [0.29, 0.717) is 17.8 Å². The predicted molar refractivity (Wildman–Crippen MR) is 77.9 cm³/mol. The number of rotatable bonds is 4. The Morgan fingerprint density at radius 2 is 1.89 bits per heavy atom. The fourth-order valence-corrected chi connectivity index (χ4v) is 1.93. The maximum Gasteiger partial charge on any atom is 0.250 e. The van der Waals surface area contributed by atoms with Crippen LogP contribution in [0.3, 0.4) is 0 Å². The predicted octanol–water partition coefficient (Wildman–Crippen LogP) is 2.29. The summed E-state index contributed by atoms with van der Waals surface area (Å²) >= 11 is 0. The fraction of sp³-hybridized carbons (Fsp3) is 0.133. The number of amides is 1. The summed E-state index contributed by atoms with van der Waals surface area (Å²) in [5, 5.41) is 3.23. The third-order valence-electron chi connectivity index (χ3n) is 3.10. The van der Waals surface area contributed by atoms with Gasteiger partial charge in [-0.05, 0) is 30.2 Å². The molecule has 0 aliphatic carbocycles. The van der Waals surface area contributed by atoms with Crippen molar-refractivity contribution >= 4 is 17.3 Å². The molecule has 0 bridgehead atoms. The molecule has 0 radical (unpaired) electrons. The number of carbonyl (C=O) groups is 1. The average Bonchev–Trinajstić information content (AvgIpc) is 2.39. The zero-order chi connectivity index (χ0) is 13.8. The number of anilines is 2. The molecule has 0 heterocycles. The van der Waals surface area contributed by atoms with Gasteiger partial charge in [0.2, 0.25) is 0 Å². The lowest BCUT2D eigenvalue weighted by Crippen LogP contribution is -2.15. The molecule has 1 amide bonds. The van der Waals surface area contributed by atoms with Crippen molar-refractivity contribution < 1.29 is 4.79 Å². The molecule has 0 aliphatic rings. The van der Waals surface area contributed by atoms with E-state index in [-0.39, 0.29) is 0 Å². The maximum absolute atomic E-state index is 11.2. The van der Waals surface area contributed by atoms with Gasteiger partial charge in [0.05, 0.1) is 16.9 Å². The number of hydrogen-bond acceptors (Lipinski definition) is 3. The van der Waals surface area contributed by atoms with Crippen molar-refractivity contribution in [1.29, 1.82) is 0 Å². The largest absolute Gasteiger partial charge is 0.396 e. The zero-order valence-electron chi connectivity index (χ0n) is 10.8. The van der Waals surface area contributed by atoms with Crippen LogP contribution in [0.15, 0.2) is 42.5 Å². The Hall–Kier alpha value is -2.49. The van der Waals surface area contributed by atoms with Gasteiger partial charge >= 0.3 is 0 Å². The summed E-state index contributed by atoms with van der Waals surface area (Å²) in [6.45, 7) is 2.71. The van der Waals surface area contributed by atoms with E-state index in [2.05, 4.69) is 24.4 Å². The van der Waals surface area contributed by atoms with Gasteiger partial charge in [-0.3, -0.25) is 4.79 Å². The van der Waals surface area contributed by atoms with E-state index in [1.807, 2.05) is 18.2 Å². The minimum absolute atomic E-state index is 0.342. The fourth-order valence-electron chi connectivity index (χ4n) is 1.93. The summed E-state index contributed by atoms with van der Waals surface area (Å²) in [6, 6.07) is 13.3. The van der Waals surface area contributed by atoms with Crippen LogP contribution in [0.1, 0.15) is 21.5 Å². The van der Waals surface area contributed by atoms with E-state index in [1.165, 1.54) is 11.1 Å². The normalized spacial score (nSPS) is 10.2. The third-order valence-corrected chi connectivity index (χ3v) is 3.10. The van der Waals surface area contributed by atoms with E-state index in [4.69, 9.17) is 11.5 Å². The van der Waals surface area contributed by atoms with Gasteiger partial charge in [0.15, 0.2) is 0 Å². The molecule has 2 rings (SSSR count). The number of carbonyl (C=O) groups excluding carboxylic acids is 1. The molecular formula is C15H17N3O. The molecule has 5 N–H and O–H groups in total. The highest BCUT2D eigenvalue weighted by molar-refractivity contribution is 6.00. The molecule has 98 valence electrons. The summed E-state index contributed by atoms with van der Waals surface area (Å²) in [7, 11) is 0. The lowest BCUT2D eigenvalue weighted by Gasteiger charge is -2.12. The lowest BCUT2D eigenvalue weighted by molar-refractivity contribution is 0.100. The van der Waals surface area contributed by atoms with Crippen LogP contribution >= 0.6 is 0 Å². The van der Waals surface area contributed by atoms with Crippen LogP contribution < -0.4 is 16.8 Å². The van der Waals surface area contributed by atoms with E-state index < -0.39 is 5.91 Å². The van der Waals surface area contributed by atoms with Gasteiger partial charge in [0, 0.05) is 6.54 Å². The van der Waals surface area contributed by atoms with E-state index >= 15 is 0 Å². The van der Waals surface area contributed by atoms with Gasteiger partial charge in [-0.1, -0.05) is 30.3 Å². The first-order valence-corrected chi connectivity index (χ1v) is 6.06. The number of para-hydroxylation sites is 1. The lowest BCUT2D eigenvalue weighted by atomic mass is 10.1. The minimum Gasteiger partial charge on any atom is -0.396 e. The molecule has 4 nitrogen and oxygen atoms in total. The van der Waals surface area contributed by atoms with E-state index in [9.17, 15) is 4.79 Å². The third kappa shape index (κ3) is 2.85. The maximum atomic E-state index is 11.2.